The van der Waals surface area contributed by atoms with Gasteiger partial charge in [-0.1, -0.05) is 25.1 Å². The van der Waals surface area contributed by atoms with Crippen LogP contribution in [0.4, 0.5) is 20.6 Å². The van der Waals surface area contributed by atoms with Crippen LogP contribution in [0.3, 0.4) is 0 Å². The third-order valence-electron chi connectivity index (χ3n) is 8.23. The summed E-state index contributed by atoms with van der Waals surface area (Å²) in [5, 5.41) is 15.6. The predicted octanol–water partition coefficient (Wildman–Crippen LogP) is 6.04. The number of hydrogen-bond acceptors (Lipinski definition) is 6. The fourth-order valence-corrected chi connectivity index (χ4v) is 5.44. The molecule has 4 rings (SSSR count). The van der Waals surface area contributed by atoms with Crippen LogP contribution >= 0.6 is 0 Å². The predicted molar refractivity (Wildman–Crippen MR) is 179 cm³/mol. The lowest BCUT2D eigenvalue weighted by molar-refractivity contribution is -0.0149. The number of benzene rings is 3. The van der Waals surface area contributed by atoms with Gasteiger partial charge in [0.2, 0.25) is 0 Å². The van der Waals surface area contributed by atoms with Gasteiger partial charge in [0.15, 0.2) is 0 Å². The van der Waals surface area contributed by atoms with Crippen LogP contribution in [0.15, 0.2) is 72.8 Å². The largest absolute Gasteiger partial charge is 0.490 e. The molecule has 11 heteroatoms. The Morgan fingerprint density at radius 2 is 1.70 bits per heavy atom. The number of rotatable bonds is 7. The molecule has 0 saturated heterocycles. The fourth-order valence-electron chi connectivity index (χ4n) is 5.44. The number of ether oxygens (including phenoxy) is 2. The monoisotopic (exact) mass is 648 g/mol. The molecule has 0 spiro atoms. The molecule has 0 unspecified atom stereocenters. The minimum absolute atomic E-state index is 0.124. The number of aliphatic hydroxyl groups is 1. The highest BCUT2D eigenvalue weighted by Crippen LogP contribution is 2.29. The van der Waals surface area contributed by atoms with E-state index in [1.165, 1.54) is 24.3 Å². The molecule has 4 atom stereocenters. The molecule has 47 heavy (non-hydrogen) atoms. The van der Waals surface area contributed by atoms with Crippen LogP contribution in [0.25, 0.3) is 0 Å². The van der Waals surface area contributed by atoms with Gasteiger partial charge >= 0.3 is 6.03 Å². The molecule has 3 N–H and O–H groups in total. The molecule has 1 heterocycles. The number of anilines is 2. The van der Waals surface area contributed by atoms with Crippen molar-refractivity contribution in [3.05, 3.63) is 89.7 Å². The van der Waals surface area contributed by atoms with E-state index in [-0.39, 0.29) is 48.7 Å². The SMILES string of the molecule is C[C@@H]1CCCCO[C@H](CN(C)C(=O)c2ccccc2)[C@@H](C)CN([C@@H](C)CO)C(=O)c2cc(NC(=O)Nc3ccc(F)cc3)ccc2O1. The first kappa shape index (κ1) is 35.4. The molecule has 0 bridgehead atoms. The highest BCUT2D eigenvalue weighted by molar-refractivity contribution is 6.02. The van der Waals surface area contributed by atoms with Crippen molar-refractivity contribution in [2.75, 3.05) is 44.0 Å². The number of likely N-dealkylation sites (N-methyl/N-ethyl adjacent to an activating group) is 1. The summed E-state index contributed by atoms with van der Waals surface area (Å²) >= 11 is 0. The van der Waals surface area contributed by atoms with Crippen molar-refractivity contribution in [3.8, 4) is 5.75 Å². The van der Waals surface area contributed by atoms with Crippen LogP contribution in [-0.2, 0) is 4.74 Å². The van der Waals surface area contributed by atoms with E-state index in [0.717, 1.165) is 19.3 Å². The van der Waals surface area contributed by atoms with Crippen molar-refractivity contribution in [1.82, 2.24) is 9.80 Å². The number of halogens is 1. The van der Waals surface area contributed by atoms with Crippen molar-refractivity contribution in [3.63, 3.8) is 0 Å². The number of hydrogen-bond donors (Lipinski definition) is 3. The molecule has 1 aliphatic heterocycles. The zero-order chi connectivity index (χ0) is 33.9. The molecule has 0 saturated carbocycles. The number of carbonyl (C=O) groups excluding carboxylic acids is 3. The van der Waals surface area contributed by atoms with Crippen molar-refractivity contribution in [2.24, 2.45) is 5.92 Å². The quantitative estimate of drug-likeness (QED) is 0.288. The molecule has 10 nitrogen and oxygen atoms in total. The van der Waals surface area contributed by atoms with E-state index >= 15 is 0 Å². The lowest BCUT2D eigenvalue weighted by Crippen LogP contribution is -2.48. The summed E-state index contributed by atoms with van der Waals surface area (Å²) in [6, 6.07) is 18.2. The van der Waals surface area contributed by atoms with Crippen LogP contribution in [0.2, 0.25) is 0 Å². The molecule has 3 aromatic carbocycles. The zero-order valence-corrected chi connectivity index (χ0v) is 27.4. The highest BCUT2D eigenvalue weighted by atomic mass is 19.1. The second-order valence-corrected chi connectivity index (χ2v) is 12.1. The van der Waals surface area contributed by atoms with Crippen molar-refractivity contribution in [2.45, 2.75) is 58.3 Å². The molecular formula is C36H45FN4O6. The van der Waals surface area contributed by atoms with E-state index < -0.39 is 17.9 Å². The molecule has 0 aromatic heterocycles. The number of fused-ring (bicyclic) bond motifs is 1. The van der Waals surface area contributed by atoms with E-state index in [0.29, 0.717) is 35.8 Å². The Morgan fingerprint density at radius 1 is 1.02 bits per heavy atom. The Kier molecular flexibility index (Phi) is 12.7. The van der Waals surface area contributed by atoms with Gasteiger partial charge in [0.25, 0.3) is 11.8 Å². The molecule has 1 aliphatic rings. The highest BCUT2D eigenvalue weighted by Gasteiger charge is 2.31. The molecule has 0 radical (unpaired) electrons. The zero-order valence-electron chi connectivity index (χ0n) is 27.4. The van der Waals surface area contributed by atoms with Gasteiger partial charge in [0.05, 0.1) is 30.4 Å². The smallest absolute Gasteiger partial charge is 0.323 e. The Balaban J connectivity index is 1.60. The molecule has 252 valence electrons. The summed E-state index contributed by atoms with van der Waals surface area (Å²) in [5.41, 5.74) is 1.56. The van der Waals surface area contributed by atoms with Crippen LogP contribution in [0.1, 0.15) is 60.7 Å². The summed E-state index contributed by atoms with van der Waals surface area (Å²) in [6.45, 7) is 6.43. The Hall–Kier alpha value is -4.48. The van der Waals surface area contributed by atoms with Crippen LogP contribution in [0.5, 0.6) is 5.75 Å². The normalized spacial score (nSPS) is 19.8. The number of amides is 4. The second kappa shape index (κ2) is 16.9. The maximum atomic E-state index is 14.3. The van der Waals surface area contributed by atoms with E-state index in [4.69, 9.17) is 9.47 Å². The van der Waals surface area contributed by atoms with Gasteiger partial charge in [-0.3, -0.25) is 9.59 Å². The molecule has 3 aromatic rings. The lowest BCUT2D eigenvalue weighted by Gasteiger charge is -2.36. The summed E-state index contributed by atoms with van der Waals surface area (Å²) in [5.74, 6) is -0.772. The van der Waals surface area contributed by atoms with Crippen LogP contribution < -0.4 is 15.4 Å². The van der Waals surface area contributed by atoms with Gasteiger partial charge in [-0.15, -0.1) is 0 Å². The van der Waals surface area contributed by atoms with Gasteiger partial charge in [-0.2, -0.15) is 0 Å². The van der Waals surface area contributed by atoms with Gasteiger partial charge in [0.1, 0.15) is 11.6 Å². The van der Waals surface area contributed by atoms with E-state index in [9.17, 15) is 23.9 Å². The van der Waals surface area contributed by atoms with E-state index in [2.05, 4.69) is 10.6 Å². The Labute approximate surface area is 275 Å². The summed E-state index contributed by atoms with van der Waals surface area (Å²) in [6.07, 6.45) is 1.76. The number of carbonyl (C=O) groups is 3. The third-order valence-corrected chi connectivity index (χ3v) is 8.23. The summed E-state index contributed by atoms with van der Waals surface area (Å²) in [4.78, 5) is 43.4. The van der Waals surface area contributed by atoms with E-state index in [1.807, 2.05) is 32.0 Å². The van der Waals surface area contributed by atoms with Crippen LogP contribution in [0, 0.1) is 11.7 Å². The topological polar surface area (TPSA) is 120 Å². The van der Waals surface area contributed by atoms with Crippen molar-refractivity contribution >= 4 is 29.2 Å². The molecule has 0 aliphatic carbocycles. The minimum atomic E-state index is -0.567. The Bertz CT molecular complexity index is 1490. The first-order valence-electron chi connectivity index (χ1n) is 16.0. The molecular weight excluding hydrogens is 603 g/mol. The average Bonchev–Trinajstić information content (AvgIpc) is 3.07. The van der Waals surface area contributed by atoms with Crippen molar-refractivity contribution in [1.29, 1.82) is 0 Å². The molecule has 0 fully saturated rings. The van der Waals surface area contributed by atoms with Crippen LogP contribution in [-0.4, -0.2) is 84.4 Å². The first-order chi connectivity index (χ1) is 22.5. The van der Waals surface area contributed by atoms with Gasteiger partial charge in [0, 0.05) is 49.6 Å². The standard InChI is InChI=1S/C36H45FN4O6/c1-24-21-41(25(2)23-42)35(44)31-20-30(39-36(45)38-29-15-13-28(37)14-16-29)17-18-32(31)47-26(3)10-8-9-19-46-33(24)22-40(4)34(43)27-11-6-5-7-12-27/h5-7,11-18,20,24-26,33,42H,8-10,19,21-23H2,1-4H3,(H2,38,39,45)/t24-,25-,26+,33+/m0/s1. The third kappa shape index (κ3) is 10.0. The number of nitrogens with one attached hydrogen (secondary N) is 2. The van der Waals surface area contributed by atoms with Gasteiger partial charge in [-0.05, 0) is 87.7 Å². The summed E-state index contributed by atoms with van der Waals surface area (Å²) in [7, 11) is 1.74. The maximum Gasteiger partial charge on any atom is 0.323 e. The average molecular weight is 649 g/mol. The van der Waals surface area contributed by atoms with Crippen molar-refractivity contribution < 1.29 is 33.4 Å². The fraction of sp³-hybridized carbons (Fsp3) is 0.417. The first-order valence-corrected chi connectivity index (χ1v) is 16.0. The Morgan fingerprint density at radius 3 is 2.40 bits per heavy atom. The maximum absolute atomic E-state index is 14.3. The summed E-state index contributed by atoms with van der Waals surface area (Å²) < 4.78 is 25.9. The number of nitrogens with zero attached hydrogens (tertiary/aromatic N) is 2. The second-order valence-electron chi connectivity index (χ2n) is 12.1. The number of urea groups is 1. The van der Waals surface area contributed by atoms with Gasteiger partial charge in [-0.25, -0.2) is 9.18 Å². The number of aliphatic hydroxyl groups excluding tert-OH is 1. The minimum Gasteiger partial charge on any atom is -0.490 e. The van der Waals surface area contributed by atoms with Gasteiger partial charge < -0.3 is 35.0 Å². The molecule has 4 amide bonds. The lowest BCUT2D eigenvalue weighted by atomic mass is 10.0. The van der Waals surface area contributed by atoms with E-state index in [1.54, 1.807) is 54.1 Å².